The van der Waals surface area contributed by atoms with Gasteiger partial charge in [-0.25, -0.2) is 0 Å². The van der Waals surface area contributed by atoms with Crippen molar-refractivity contribution in [2.45, 2.75) is 12.3 Å². The van der Waals surface area contributed by atoms with Crippen LogP contribution in [0.2, 0.25) is 0 Å². The topological polar surface area (TPSA) is 0 Å². The van der Waals surface area contributed by atoms with Gasteiger partial charge in [-0.15, -0.1) is 0 Å². The zero-order valence-corrected chi connectivity index (χ0v) is 73.2. The van der Waals surface area contributed by atoms with Crippen LogP contribution in [0.1, 0.15) is 50.1 Å². The van der Waals surface area contributed by atoms with E-state index >= 15 is 0 Å². The van der Waals surface area contributed by atoms with E-state index in [2.05, 4.69) is 535 Å². The predicted molar refractivity (Wildman–Crippen MR) is 565 cm³/mol. The van der Waals surface area contributed by atoms with Gasteiger partial charge in [0, 0.05) is 0 Å². The van der Waals surface area contributed by atoms with Gasteiger partial charge in [-0.05, 0) is 257 Å². The van der Waals surface area contributed by atoms with Crippen molar-refractivity contribution in [3.05, 3.63) is 554 Å². The van der Waals surface area contributed by atoms with Gasteiger partial charge in [0.25, 0.3) is 0 Å². The molecule has 0 radical (unpaired) electrons. The lowest BCUT2D eigenvalue weighted by atomic mass is 9.67. The minimum Gasteiger partial charge on any atom is -0.0622 e. The molecule has 0 spiro atoms. The Morgan fingerprint density at radius 3 is 0.697 bits per heavy atom. The van der Waals surface area contributed by atoms with Crippen molar-refractivity contribution in [1.29, 1.82) is 0 Å². The van der Waals surface area contributed by atoms with E-state index in [0.717, 1.165) is 0 Å². The summed E-state index contributed by atoms with van der Waals surface area (Å²) < 4.78 is 0. The number of hydrogen-bond donors (Lipinski definition) is 0. The Hall–Kier alpha value is -16.9. The largest absolute Gasteiger partial charge is 0.0713 e. The molecule has 1 aliphatic rings. The van der Waals surface area contributed by atoms with Crippen molar-refractivity contribution < 1.29 is 0 Å². The maximum Gasteiger partial charge on any atom is 0.0713 e. The lowest BCUT2D eigenvalue weighted by Crippen LogP contribution is -2.28. The maximum atomic E-state index is 2.36. The Bertz CT molecular complexity index is 8100. The molecule has 0 heteroatoms. The SMILES string of the molecule is C(=C\c1ccc(-c2c3ccccc3c(-c3ccc(-c4cc(-c5ccccc5)cc(-c5ccccc5)c4)cc3)c3ccccc23)cc1)/c1ccc(-c2cccc3ccccc23)cc1.Cc1ccc(C2(c3ccc(-c4ccc(-c5c6ccccc6c(-c6ccc(/C=C/c7ccc(-c8cccc9ccccc89)cc7)cc6)c6ccccc56)cc4)cc3)c3ccccc3-c3ccccc32)cc1. The highest BCUT2D eigenvalue weighted by atomic mass is 14.5. The predicted octanol–water partition coefficient (Wildman–Crippen LogP) is 36.0. The summed E-state index contributed by atoms with van der Waals surface area (Å²) in [5, 5.41) is 15.1. The van der Waals surface area contributed by atoms with Crippen LogP contribution in [0.15, 0.2) is 504 Å². The number of aryl methyl sites for hydroxylation is 1. The van der Waals surface area contributed by atoms with E-state index in [1.807, 2.05) is 0 Å². The van der Waals surface area contributed by atoms with Gasteiger partial charge in [0.1, 0.15) is 0 Å². The van der Waals surface area contributed by atoms with E-state index in [-0.39, 0.29) is 0 Å². The monoisotopic (exact) mass is 1670 g/mol. The van der Waals surface area contributed by atoms with Crippen LogP contribution in [-0.4, -0.2) is 0 Å². The third-order valence-corrected chi connectivity index (χ3v) is 27.1. The number of hydrogen-bond acceptors (Lipinski definition) is 0. The van der Waals surface area contributed by atoms with Gasteiger partial charge in [0.15, 0.2) is 0 Å². The molecule has 0 unspecified atom stereocenters. The Balaban J connectivity index is 0.000000151. The summed E-state index contributed by atoms with van der Waals surface area (Å²) in [6.45, 7) is 2.17. The summed E-state index contributed by atoms with van der Waals surface area (Å²) in [4.78, 5) is 0. The van der Waals surface area contributed by atoms with Crippen molar-refractivity contribution in [1.82, 2.24) is 0 Å². The average Bonchev–Trinajstić information content (AvgIpc) is 1.53. The molecule has 0 N–H and O–H groups in total. The van der Waals surface area contributed by atoms with Crippen LogP contribution in [0.3, 0.4) is 0 Å². The molecule has 0 saturated carbocycles. The van der Waals surface area contributed by atoms with E-state index in [9.17, 15) is 0 Å². The van der Waals surface area contributed by atoms with Gasteiger partial charge in [-0.3, -0.25) is 0 Å². The smallest absolute Gasteiger partial charge is 0.0622 e. The molecule has 0 nitrogen and oxygen atoms in total. The second-order valence-electron chi connectivity index (χ2n) is 34.9. The first-order valence-electron chi connectivity index (χ1n) is 45.8. The van der Waals surface area contributed by atoms with Crippen LogP contribution in [0.4, 0.5) is 0 Å². The summed E-state index contributed by atoms with van der Waals surface area (Å²) in [7, 11) is 0. The number of fused-ring (bicyclic) bond motifs is 9. The summed E-state index contributed by atoms with van der Waals surface area (Å²) >= 11 is 0. The molecule has 0 saturated heterocycles. The van der Waals surface area contributed by atoms with E-state index < -0.39 is 5.41 Å². The van der Waals surface area contributed by atoms with Crippen LogP contribution < -0.4 is 0 Å². The highest BCUT2D eigenvalue weighted by Crippen LogP contribution is 2.57. The zero-order valence-electron chi connectivity index (χ0n) is 73.2. The van der Waals surface area contributed by atoms with Gasteiger partial charge in [-0.1, -0.05) is 515 Å². The van der Waals surface area contributed by atoms with Crippen molar-refractivity contribution in [2.24, 2.45) is 0 Å². The van der Waals surface area contributed by atoms with Gasteiger partial charge < -0.3 is 0 Å². The van der Waals surface area contributed by atoms with Gasteiger partial charge in [0.05, 0.1) is 5.41 Å². The summed E-state index contributed by atoms with van der Waals surface area (Å²) in [5.41, 5.74) is 37.9. The van der Waals surface area contributed by atoms with E-state index in [1.165, 1.54) is 237 Å². The molecule has 23 aromatic carbocycles. The lowest BCUT2D eigenvalue weighted by Gasteiger charge is -2.34. The lowest BCUT2D eigenvalue weighted by molar-refractivity contribution is 0.768. The summed E-state index contributed by atoms with van der Waals surface area (Å²) in [6.07, 6.45) is 8.83. The van der Waals surface area contributed by atoms with Crippen LogP contribution in [0.5, 0.6) is 0 Å². The molecule has 0 heterocycles. The number of rotatable bonds is 16. The normalized spacial score (nSPS) is 12.1. The van der Waals surface area contributed by atoms with E-state index in [4.69, 9.17) is 0 Å². The molecule has 23 aromatic rings. The fourth-order valence-electron chi connectivity index (χ4n) is 20.7. The highest BCUT2D eigenvalue weighted by molar-refractivity contribution is 6.23. The molecule has 618 valence electrons. The highest BCUT2D eigenvalue weighted by Gasteiger charge is 2.46. The van der Waals surface area contributed by atoms with Gasteiger partial charge in [0.2, 0.25) is 0 Å². The molecule has 24 rings (SSSR count). The average molecular weight is 1680 g/mol. The van der Waals surface area contributed by atoms with Crippen LogP contribution in [-0.2, 0) is 5.41 Å². The van der Waals surface area contributed by atoms with Crippen LogP contribution in [0, 0.1) is 6.92 Å². The molecule has 132 heavy (non-hydrogen) atoms. The molecular weight excluding hydrogens is 1590 g/mol. The second-order valence-corrected chi connectivity index (χ2v) is 34.9. The van der Waals surface area contributed by atoms with Crippen LogP contribution in [0.25, 0.3) is 211 Å². The standard InChI is InChI=1S/C70H48.C62H42/c1-47-25-43-56(44-26-47)70(66-23-10-8-16-60(66)61-17-9-11-24-67(61)70)57-45-41-51(42-46-57)50-37-39-55(40-38-50)69-64-20-6-4-18-62(64)68(63-19-5-7-21-65(63)69)54-35-31-49(32-36-54)28-27-48-29-33-53(34-30-48)59-22-12-14-52-13-2-3-15-58(52)59;1-3-14-45(15-4-1)52-40-53(46-16-5-2-6-17-46)42-54(41-52)47-36-38-51(39-37-47)62-59-23-11-9-21-57(59)61(58-22-10-12-24-60(58)62)50-34-30-44(31-35-50)27-26-43-28-32-49(33-29-43)56-25-13-19-48-18-7-8-20-55(48)56/h2-46H,1H3;1-42H/b28-27+;27-26+. The summed E-state index contributed by atoms with van der Waals surface area (Å²) in [5.74, 6) is 0. The third-order valence-electron chi connectivity index (χ3n) is 27.1. The van der Waals surface area contributed by atoms with E-state index in [0.29, 0.717) is 0 Å². The Labute approximate surface area is 771 Å². The Morgan fingerprint density at radius 2 is 0.371 bits per heavy atom. The minimum atomic E-state index is -0.413. The Morgan fingerprint density at radius 1 is 0.152 bits per heavy atom. The van der Waals surface area contributed by atoms with Crippen molar-refractivity contribution in [3.63, 3.8) is 0 Å². The van der Waals surface area contributed by atoms with Crippen molar-refractivity contribution in [3.8, 4) is 122 Å². The molecule has 0 bridgehead atoms. The number of benzene rings is 23. The van der Waals surface area contributed by atoms with Gasteiger partial charge >= 0.3 is 0 Å². The molecule has 1 aliphatic carbocycles. The van der Waals surface area contributed by atoms with Crippen LogP contribution >= 0.6 is 0 Å². The van der Waals surface area contributed by atoms with Crippen molar-refractivity contribution in [2.75, 3.05) is 0 Å². The third kappa shape index (κ3) is 14.9. The summed E-state index contributed by atoms with van der Waals surface area (Å²) in [6, 6.07) is 185. The fourth-order valence-corrected chi connectivity index (χ4v) is 20.7. The molecule has 0 aliphatic heterocycles. The molecular formula is C132H90. The minimum absolute atomic E-state index is 0.413. The fraction of sp³-hybridized carbons (Fsp3) is 0.0152. The first kappa shape index (κ1) is 79.7. The quantitative estimate of drug-likeness (QED) is 0.0668. The molecule has 0 amide bonds. The molecule has 0 fully saturated rings. The maximum absolute atomic E-state index is 2.36. The first-order chi connectivity index (χ1) is 65.3. The van der Waals surface area contributed by atoms with E-state index in [1.54, 1.807) is 0 Å². The Kier molecular flexibility index (Phi) is 21.0. The molecule has 0 aromatic heterocycles. The molecule has 0 atom stereocenters. The van der Waals surface area contributed by atoms with Gasteiger partial charge in [-0.2, -0.15) is 0 Å². The van der Waals surface area contributed by atoms with Crippen molar-refractivity contribution >= 4 is 88.9 Å². The zero-order chi connectivity index (χ0) is 87.8. The first-order valence-corrected chi connectivity index (χ1v) is 45.8. The second kappa shape index (κ2) is 34.7.